The molecule has 0 amide bonds. The van der Waals surface area contributed by atoms with Gasteiger partial charge in [-0.05, 0) is 67.3 Å². The molecule has 6 nitrogen and oxygen atoms in total. The van der Waals surface area contributed by atoms with Gasteiger partial charge in [-0.3, -0.25) is 9.52 Å². The molecule has 0 heterocycles. The number of hydrogen-bond donors (Lipinski definition) is 2. The summed E-state index contributed by atoms with van der Waals surface area (Å²) in [6.07, 6.45) is 1.49. The second-order valence-electron chi connectivity index (χ2n) is 6.89. The van der Waals surface area contributed by atoms with Crippen LogP contribution in [0.1, 0.15) is 38.8 Å². The van der Waals surface area contributed by atoms with E-state index in [9.17, 15) is 18.0 Å². The zero-order valence-electron chi connectivity index (χ0n) is 16.3. The van der Waals surface area contributed by atoms with Crippen LogP contribution in [0, 0.1) is 0 Å². The minimum atomic E-state index is -3.74. The first kappa shape index (κ1) is 21.3. The lowest BCUT2D eigenvalue weighted by atomic mass is 10.0. The Balaban J connectivity index is 1.62. The van der Waals surface area contributed by atoms with Crippen molar-refractivity contribution in [2.75, 3.05) is 4.72 Å². The SMILES string of the molecule is CC(=O)c1ccc(S(=O)(=O)Nc2ccc(CCc3ccc(C(=O)O)cc3)cc2)cc1. The first-order valence-corrected chi connectivity index (χ1v) is 10.8. The van der Waals surface area contributed by atoms with Crippen molar-refractivity contribution in [1.82, 2.24) is 0 Å². The molecule has 3 aromatic carbocycles. The van der Waals surface area contributed by atoms with Crippen molar-refractivity contribution in [2.45, 2.75) is 24.7 Å². The number of rotatable bonds is 8. The number of aromatic carboxylic acids is 1. The van der Waals surface area contributed by atoms with Crippen molar-refractivity contribution in [3.8, 4) is 0 Å². The molecule has 0 bridgehead atoms. The van der Waals surface area contributed by atoms with Gasteiger partial charge in [-0.2, -0.15) is 0 Å². The minimum absolute atomic E-state index is 0.0846. The molecule has 0 unspecified atom stereocenters. The summed E-state index contributed by atoms with van der Waals surface area (Å²) in [4.78, 5) is 22.3. The number of anilines is 1. The summed E-state index contributed by atoms with van der Waals surface area (Å²) >= 11 is 0. The number of nitrogens with one attached hydrogen (secondary N) is 1. The molecule has 154 valence electrons. The number of carbonyl (C=O) groups is 2. The summed E-state index contributed by atoms with van der Waals surface area (Å²) in [6, 6.07) is 19.6. The second-order valence-corrected chi connectivity index (χ2v) is 8.57. The predicted octanol–water partition coefficient (Wildman–Crippen LogP) is 4.17. The molecule has 0 aliphatic rings. The molecule has 0 spiro atoms. The molecular formula is C23H21NO5S. The van der Waals surface area contributed by atoms with E-state index in [-0.39, 0.29) is 16.2 Å². The summed E-state index contributed by atoms with van der Waals surface area (Å²) in [5, 5.41) is 8.93. The maximum absolute atomic E-state index is 12.5. The molecule has 0 saturated carbocycles. The molecule has 0 saturated heterocycles. The van der Waals surface area contributed by atoms with Crippen LogP contribution in [0.15, 0.2) is 77.7 Å². The van der Waals surface area contributed by atoms with Crippen LogP contribution in [0.2, 0.25) is 0 Å². The van der Waals surface area contributed by atoms with Crippen LogP contribution < -0.4 is 4.72 Å². The van der Waals surface area contributed by atoms with E-state index in [0.717, 1.165) is 24.0 Å². The zero-order chi connectivity index (χ0) is 21.7. The summed E-state index contributed by atoms with van der Waals surface area (Å²) < 4.78 is 27.6. The third-order valence-corrected chi connectivity index (χ3v) is 6.08. The van der Waals surface area contributed by atoms with E-state index in [4.69, 9.17) is 5.11 Å². The largest absolute Gasteiger partial charge is 0.478 e. The Hall–Kier alpha value is -3.45. The quantitative estimate of drug-likeness (QED) is 0.530. The molecule has 3 rings (SSSR count). The average molecular weight is 423 g/mol. The highest BCUT2D eigenvalue weighted by Crippen LogP contribution is 2.18. The second kappa shape index (κ2) is 8.92. The standard InChI is InChI=1S/C23H21NO5S/c1-16(25)19-10-14-22(15-11-19)30(28,29)24-21-12-6-18(7-13-21)3-2-17-4-8-20(9-5-17)23(26)27/h4-15,24H,2-3H2,1H3,(H,26,27). The van der Waals surface area contributed by atoms with Crippen LogP contribution in [0.25, 0.3) is 0 Å². The van der Waals surface area contributed by atoms with Gasteiger partial charge >= 0.3 is 5.97 Å². The number of carboxylic acids is 1. The average Bonchev–Trinajstić information content (AvgIpc) is 2.73. The summed E-state index contributed by atoms with van der Waals surface area (Å²) in [5.41, 5.74) is 3.22. The van der Waals surface area contributed by atoms with E-state index >= 15 is 0 Å². The van der Waals surface area contributed by atoms with Gasteiger partial charge in [0.25, 0.3) is 10.0 Å². The Morgan fingerprint density at radius 3 is 1.70 bits per heavy atom. The van der Waals surface area contributed by atoms with E-state index in [1.165, 1.54) is 31.2 Å². The maximum Gasteiger partial charge on any atom is 0.335 e. The zero-order valence-corrected chi connectivity index (χ0v) is 17.1. The lowest BCUT2D eigenvalue weighted by Crippen LogP contribution is -2.13. The Morgan fingerprint density at radius 2 is 1.23 bits per heavy atom. The van der Waals surface area contributed by atoms with Gasteiger partial charge in [-0.15, -0.1) is 0 Å². The highest BCUT2D eigenvalue weighted by Gasteiger charge is 2.14. The van der Waals surface area contributed by atoms with Crippen LogP contribution in [0.3, 0.4) is 0 Å². The highest BCUT2D eigenvalue weighted by atomic mass is 32.2. The number of carbonyl (C=O) groups excluding carboxylic acids is 1. The summed E-state index contributed by atoms with van der Waals surface area (Å²) in [7, 11) is -3.74. The van der Waals surface area contributed by atoms with Gasteiger partial charge in [0.2, 0.25) is 0 Å². The van der Waals surface area contributed by atoms with Gasteiger partial charge in [0, 0.05) is 11.3 Å². The number of ketones is 1. The first-order chi connectivity index (χ1) is 14.2. The Bertz CT molecular complexity index is 1150. The van der Waals surface area contributed by atoms with Gasteiger partial charge in [0.15, 0.2) is 5.78 Å². The normalized spacial score (nSPS) is 11.1. The Kier molecular flexibility index (Phi) is 6.32. The number of benzene rings is 3. The van der Waals surface area contributed by atoms with E-state index in [1.54, 1.807) is 36.4 Å². The molecule has 0 aliphatic heterocycles. The van der Waals surface area contributed by atoms with Crippen molar-refractivity contribution >= 4 is 27.5 Å². The summed E-state index contributed by atoms with van der Waals surface area (Å²) in [5.74, 6) is -1.07. The van der Waals surface area contributed by atoms with Crippen LogP contribution in [0.4, 0.5) is 5.69 Å². The van der Waals surface area contributed by atoms with Gasteiger partial charge in [-0.1, -0.05) is 36.4 Å². The molecule has 3 aromatic rings. The van der Waals surface area contributed by atoms with Gasteiger partial charge in [0.05, 0.1) is 10.5 Å². The van der Waals surface area contributed by atoms with Crippen LogP contribution in [-0.2, 0) is 22.9 Å². The van der Waals surface area contributed by atoms with Gasteiger partial charge in [0.1, 0.15) is 0 Å². The van der Waals surface area contributed by atoms with Crippen molar-refractivity contribution in [1.29, 1.82) is 0 Å². The monoisotopic (exact) mass is 423 g/mol. The van der Waals surface area contributed by atoms with Gasteiger partial charge in [-0.25, -0.2) is 13.2 Å². The number of sulfonamides is 1. The lowest BCUT2D eigenvalue weighted by Gasteiger charge is -2.09. The molecule has 7 heteroatoms. The molecular weight excluding hydrogens is 402 g/mol. The first-order valence-electron chi connectivity index (χ1n) is 9.29. The Morgan fingerprint density at radius 1 is 0.767 bits per heavy atom. The van der Waals surface area contributed by atoms with Crippen LogP contribution in [0.5, 0.6) is 0 Å². The van der Waals surface area contributed by atoms with E-state index in [0.29, 0.717) is 11.3 Å². The summed E-state index contributed by atoms with van der Waals surface area (Å²) in [6.45, 7) is 1.42. The highest BCUT2D eigenvalue weighted by molar-refractivity contribution is 7.92. The third-order valence-electron chi connectivity index (χ3n) is 4.68. The number of hydrogen-bond acceptors (Lipinski definition) is 4. The van der Waals surface area contributed by atoms with Crippen molar-refractivity contribution in [3.05, 3.63) is 95.1 Å². The predicted molar refractivity (Wildman–Crippen MR) is 115 cm³/mol. The maximum atomic E-state index is 12.5. The fourth-order valence-corrected chi connectivity index (χ4v) is 3.98. The third kappa shape index (κ3) is 5.33. The number of carboxylic acid groups (broad SMARTS) is 1. The molecule has 2 N–H and O–H groups in total. The van der Waals surface area contributed by atoms with Crippen LogP contribution >= 0.6 is 0 Å². The van der Waals surface area contributed by atoms with Crippen molar-refractivity contribution in [3.63, 3.8) is 0 Å². The fourth-order valence-electron chi connectivity index (χ4n) is 2.92. The molecule has 30 heavy (non-hydrogen) atoms. The number of Topliss-reactive ketones (excluding diaryl/α,β-unsaturated/α-hetero) is 1. The van der Waals surface area contributed by atoms with Gasteiger partial charge < -0.3 is 5.11 Å². The molecule has 0 fully saturated rings. The van der Waals surface area contributed by atoms with E-state index in [2.05, 4.69) is 4.72 Å². The van der Waals surface area contributed by atoms with Crippen molar-refractivity contribution < 1.29 is 23.1 Å². The lowest BCUT2D eigenvalue weighted by molar-refractivity contribution is 0.0696. The fraction of sp³-hybridized carbons (Fsp3) is 0.130. The van der Waals surface area contributed by atoms with E-state index in [1.807, 2.05) is 12.1 Å². The van der Waals surface area contributed by atoms with Crippen molar-refractivity contribution in [2.24, 2.45) is 0 Å². The smallest absolute Gasteiger partial charge is 0.335 e. The Labute approximate surface area is 175 Å². The van der Waals surface area contributed by atoms with E-state index < -0.39 is 16.0 Å². The van der Waals surface area contributed by atoms with Crippen LogP contribution in [-0.4, -0.2) is 25.3 Å². The molecule has 0 aromatic heterocycles. The minimum Gasteiger partial charge on any atom is -0.478 e. The number of aryl methyl sites for hydroxylation is 2. The molecule has 0 atom stereocenters. The topological polar surface area (TPSA) is 101 Å². The molecule has 0 radical (unpaired) electrons. The molecule has 0 aliphatic carbocycles.